The maximum absolute atomic E-state index is 13.1. The van der Waals surface area contributed by atoms with Gasteiger partial charge in [0, 0.05) is 6.07 Å². The minimum atomic E-state index is -0.423. The zero-order valence-corrected chi connectivity index (χ0v) is 12.3. The van der Waals surface area contributed by atoms with Crippen LogP contribution in [-0.4, -0.2) is 19.5 Å². The van der Waals surface area contributed by atoms with E-state index in [1.165, 1.54) is 25.3 Å². The Morgan fingerprint density at radius 3 is 2.70 bits per heavy atom. The van der Waals surface area contributed by atoms with Crippen molar-refractivity contribution in [2.45, 2.75) is 0 Å². The van der Waals surface area contributed by atoms with Gasteiger partial charge in [-0.15, -0.1) is 0 Å². The summed E-state index contributed by atoms with van der Waals surface area (Å²) in [7, 11) is 1.50. The molecule has 0 spiro atoms. The zero-order valence-electron chi connectivity index (χ0n) is 10.7. The number of para-hydroxylation sites is 1. The molecule has 3 nitrogen and oxygen atoms in total. The summed E-state index contributed by atoms with van der Waals surface area (Å²) in [5, 5.41) is 0. The van der Waals surface area contributed by atoms with Crippen LogP contribution in [0.5, 0.6) is 11.5 Å². The lowest BCUT2D eigenvalue weighted by Gasteiger charge is -2.10. The van der Waals surface area contributed by atoms with E-state index in [1.54, 1.807) is 24.3 Å². The van der Waals surface area contributed by atoms with Crippen molar-refractivity contribution in [1.82, 2.24) is 0 Å². The van der Waals surface area contributed by atoms with Crippen LogP contribution in [0.25, 0.3) is 0 Å². The largest absolute Gasteiger partial charge is 0.496 e. The fraction of sp³-hybridized carbons (Fsp3) is 0.133. The molecular weight excluding hydrogens is 327 g/mol. The maximum atomic E-state index is 13.1. The van der Waals surface area contributed by atoms with Crippen LogP contribution < -0.4 is 9.47 Å². The number of hydrogen-bond acceptors (Lipinski definition) is 3. The predicted molar refractivity (Wildman–Crippen MR) is 76.9 cm³/mol. The quantitative estimate of drug-likeness (QED) is 0.776. The van der Waals surface area contributed by atoms with Crippen molar-refractivity contribution in [2.75, 3.05) is 13.7 Å². The lowest BCUT2D eigenvalue weighted by molar-refractivity contribution is 0.0917. The first-order chi connectivity index (χ1) is 9.61. The highest BCUT2D eigenvalue weighted by atomic mass is 79.9. The molecule has 0 aliphatic heterocycles. The Morgan fingerprint density at radius 2 is 1.95 bits per heavy atom. The molecular formula is C15H12BrFO3. The van der Waals surface area contributed by atoms with Gasteiger partial charge in [-0.2, -0.15) is 0 Å². The molecule has 0 aliphatic carbocycles. The predicted octanol–water partition coefficient (Wildman–Crippen LogP) is 3.86. The van der Waals surface area contributed by atoms with Gasteiger partial charge in [-0.05, 0) is 40.2 Å². The first-order valence-electron chi connectivity index (χ1n) is 5.86. The summed E-state index contributed by atoms with van der Waals surface area (Å²) in [5.41, 5.74) is 0.433. The Hall–Kier alpha value is -1.88. The monoisotopic (exact) mass is 338 g/mol. The summed E-state index contributed by atoms with van der Waals surface area (Å²) >= 11 is 3.24. The minimum absolute atomic E-state index is 0.192. The van der Waals surface area contributed by atoms with Gasteiger partial charge in [0.1, 0.15) is 17.3 Å². The Bertz CT molecular complexity index is 628. The average molecular weight is 339 g/mol. The van der Waals surface area contributed by atoms with Crippen LogP contribution in [0.4, 0.5) is 4.39 Å². The summed E-state index contributed by atoms with van der Waals surface area (Å²) in [6, 6.07) is 10.9. The highest BCUT2D eigenvalue weighted by molar-refractivity contribution is 9.10. The number of hydrogen-bond donors (Lipinski definition) is 0. The summed E-state index contributed by atoms with van der Waals surface area (Å²) in [4.78, 5) is 12.1. The standard InChI is InChI=1S/C15H12BrFO3/c1-19-14-5-3-2-4-11(14)13(18)9-20-15-8-10(17)6-7-12(15)16/h2-8H,9H2,1H3. The molecule has 2 aromatic carbocycles. The second-order valence-electron chi connectivity index (χ2n) is 3.99. The average Bonchev–Trinajstić information content (AvgIpc) is 2.47. The Morgan fingerprint density at radius 1 is 1.20 bits per heavy atom. The SMILES string of the molecule is COc1ccccc1C(=O)COc1cc(F)ccc1Br. The Labute approximate surface area is 124 Å². The molecule has 0 radical (unpaired) electrons. The van der Waals surface area contributed by atoms with Crippen molar-refractivity contribution >= 4 is 21.7 Å². The molecule has 0 fully saturated rings. The lowest BCUT2D eigenvalue weighted by atomic mass is 10.1. The third kappa shape index (κ3) is 3.36. The normalized spacial score (nSPS) is 10.2. The number of benzene rings is 2. The van der Waals surface area contributed by atoms with E-state index in [0.717, 1.165) is 0 Å². The summed E-state index contributed by atoms with van der Waals surface area (Å²) in [6.45, 7) is -0.192. The molecule has 0 N–H and O–H groups in total. The third-order valence-electron chi connectivity index (χ3n) is 2.66. The molecule has 104 valence electrons. The van der Waals surface area contributed by atoms with Crippen molar-refractivity contribution in [1.29, 1.82) is 0 Å². The van der Waals surface area contributed by atoms with E-state index in [2.05, 4.69) is 15.9 Å². The molecule has 0 unspecified atom stereocenters. The van der Waals surface area contributed by atoms with Gasteiger partial charge in [-0.1, -0.05) is 12.1 Å². The van der Waals surface area contributed by atoms with Crippen LogP contribution in [0.15, 0.2) is 46.9 Å². The number of Topliss-reactive ketones (excluding diaryl/α,β-unsaturated/α-hetero) is 1. The maximum Gasteiger partial charge on any atom is 0.203 e. The third-order valence-corrected chi connectivity index (χ3v) is 3.31. The first-order valence-corrected chi connectivity index (χ1v) is 6.65. The number of carbonyl (C=O) groups excluding carboxylic acids is 1. The van der Waals surface area contributed by atoms with E-state index < -0.39 is 5.82 Å². The summed E-state index contributed by atoms with van der Waals surface area (Å²) in [5.74, 6) is 0.110. The minimum Gasteiger partial charge on any atom is -0.496 e. The molecule has 20 heavy (non-hydrogen) atoms. The molecule has 2 aromatic rings. The molecule has 0 bridgehead atoms. The molecule has 0 amide bonds. The fourth-order valence-electron chi connectivity index (χ4n) is 1.68. The van der Waals surface area contributed by atoms with Crippen LogP contribution in [0.1, 0.15) is 10.4 Å². The van der Waals surface area contributed by atoms with Crippen molar-refractivity contribution in [3.05, 3.63) is 58.3 Å². The number of ether oxygens (including phenoxy) is 2. The van der Waals surface area contributed by atoms with Gasteiger partial charge in [0.2, 0.25) is 5.78 Å². The number of carbonyl (C=O) groups is 1. The molecule has 2 rings (SSSR count). The summed E-state index contributed by atoms with van der Waals surface area (Å²) in [6.07, 6.45) is 0. The van der Waals surface area contributed by atoms with Crippen LogP contribution in [0.3, 0.4) is 0 Å². The van der Waals surface area contributed by atoms with E-state index in [-0.39, 0.29) is 18.1 Å². The zero-order chi connectivity index (χ0) is 14.5. The van der Waals surface area contributed by atoms with Crippen LogP contribution in [0, 0.1) is 5.82 Å². The molecule has 0 atom stereocenters. The molecule has 0 aromatic heterocycles. The summed E-state index contributed by atoms with van der Waals surface area (Å²) < 4.78 is 24.2. The second kappa shape index (κ2) is 6.52. The van der Waals surface area contributed by atoms with Gasteiger partial charge in [0.15, 0.2) is 6.61 Å². The van der Waals surface area contributed by atoms with Gasteiger partial charge >= 0.3 is 0 Å². The number of methoxy groups -OCH3 is 1. The van der Waals surface area contributed by atoms with Crippen molar-refractivity contribution in [2.24, 2.45) is 0 Å². The van der Waals surface area contributed by atoms with Gasteiger partial charge in [-0.25, -0.2) is 4.39 Å². The van der Waals surface area contributed by atoms with E-state index >= 15 is 0 Å². The van der Waals surface area contributed by atoms with Crippen LogP contribution in [-0.2, 0) is 0 Å². The molecule has 5 heteroatoms. The highest BCUT2D eigenvalue weighted by Gasteiger charge is 2.13. The van der Waals surface area contributed by atoms with Crippen LogP contribution in [0.2, 0.25) is 0 Å². The number of rotatable bonds is 5. The Balaban J connectivity index is 2.11. The Kier molecular flexibility index (Phi) is 4.74. The van der Waals surface area contributed by atoms with Gasteiger partial charge in [-0.3, -0.25) is 4.79 Å². The molecule has 0 aliphatic rings. The smallest absolute Gasteiger partial charge is 0.203 e. The van der Waals surface area contributed by atoms with E-state index in [9.17, 15) is 9.18 Å². The molecule has 0 heterocycles. The number of halogens is 2. The number of ketones is 1. The highest BCUT2D eigenvalue weighted by Crippen LogP contribution is 2.26. The van der Waals surface area contributed by atoms with Gasteiger partial charge in [0.05, 0.1) is 17.1 Å². The van der Waals surface area contributed by atoms with Crippen molar-refractivity contribution < 1.29 is 18.7 Å². The molecule has 0 saturated heterocycles. The lowest BCUT2D eigenvalue weighted by Crippen LogP contribution is -2.13. The first kappa shape index (κ1) is 14.5. The van der Waals surface area contributed by atoms with Gasteiger partial charge < -0.3 is 9.47 Å². The van der Waals surface area contributed by atoms with Crippen LogP contribution >= 0.6 is 15.9 Å². The second-order valence-corrected chi connectivity index (χ2v) is 4.84. The van der Waals surface area contributed by atoms with Crippen molar-refractivity contribution in [3.63, 3.8) is 0 Å². The van der Waals surface area contributed by atoms with E-state index in [0.29, 0.717) is 15.8 Å². The fourth-order valence-corrected chi connectivity index (χ4v) is 2.04. The topological polar surface area (TPSA) is 35.5 Å². The van der Waals surface area contributed by atoms with Crippen molar-refractivity contribution in [3.8, 4) is 11.5 Å². The molecule has 0 saturated carbocycles. The van der Waals surface area contributed by atoms with Gasteiger partial charge in [0.25, 0.3) is 0 Å². The van der Waals surface area contributed by atoms with E-state index in [4.69, 9.17) is 9.47 Å². The van der Waals surface area contributed by atoms with E-state index in [1.807, 2.05) is 0 Å².